The molecule has 1 aromatic carbocycles. The SMILES string of the molecule is Pc1ccc[cH-]1. The predicted octanol–water partition coefficient (Wildman–Crippen LogP) is 0.906. The number of hydrogen-bond acceptors (Lipinski definition) is 0. The molecule has 0 nitrogen and oxygen atoms in total. The van der Waals surface area contributed by atoms with E-state index in [4.69, 9.17) is 0 Å². The lowest BCUT2D eigenvalue weighted by molar-refractivity contribution is 2.03. The van der Waals surface area contributed by atoms with E-state index in [1.165, 1.54) is 5.30 Å². The summed E-state index contributed by atoms with van der Waals surface area (Å²) in [4.78, 5) is 0. The quantitative estimate of drug-likeness (QED) is 0.333. The van der Waals surface area contributed by atoms with Gasteiger partial charge in [-0.25, -0.2) is 12.1 Å². The minimum Gasteiger partial charge on any atom is -0.213 e. The van der Waals surface area contributed by atoms with E-state index in [-0.39, 0.29) is 0 Å². The highest BCUT2D eigenvalue weighted by Crippen LogP contribution is 1.86. The first kappa shape index (κ1) is 3.95. The van der Waals surface area contributed by atoms with E-state index in [1.807, 2.05) is 24.3 Å². The van der Waals surface area contributed by atoms with Crippen LogP contribution in [-0.4, -0.2) is 0 Å². The molecule has 0 spiro atoms. The molecule has 0 heterocycles. The third-order valence-corrected chi connectivity index (χ3v) is 1.07. The van der Waals surface area contributed by atoms with Gasteiger partial charge in [0.15, 0.2) is 0 Å². The molecule has 0 aliphatic heterocycles. The van der Waals surface area contributed by atoms with E-state index in [9.17, 15) is 0 Å². The lowest BCUT2D eigenvalue weighted by atomic mass is 10.7. The van der Waals surface area contributed by atoms with Crippen LogP contribution in [0.2, 0.25) is 0 Å². The number of rotatable bonds is 0. The van der Waals surface area contributed by atoms with Gasteiger partial charge in [0.05, 0.1) is 0 Å². The van der Waals surface area contributed by atoms with Crippen LogP contribution in [-0.2, 0) is 0 Å². The van der Waals surface area contributed by atoms with Crippen molar-refractivity contribution in [2.24, 2.45) is 0 Å². The summed E-state index contributed by atoms with van der Waals surface area (Å²) in [6.07, 6.45) is 0. The van der Waals surface area contributed by atoms with Crippen LogP contribution in [0.1, 0.15) is 0 Å². The molecule has 0 aliphatic carbocycles. The van der Waals surface area contributed by atoms with Crippen molar-refractivity contribution in [1.82, 2.24) is 0 Å². The Morgan fingerprint density at radius 3 is 2.67 bits per heavy atom. The van der Waals surface area contributed by atoms with Crippen LogP contribution in [0.25, 0.3) is 0 Å². The Labute approximate surface area is 39.8 Å². The minimum absolute atomic E-state index is 1.26. The second-order valence-electron chi connectivity index (χ2n) is 1.22. The molecular formula is C5H6P-. The highest BCUT2D eigenvalue weighted by molar-refractivity contribution is 7.27. The lowest BCUT2D eigenvalue weighted by Crippen LogP contribution is -1.74. The van der Waals surface area contributed by atoms with Crippen molar-refractivity contribution in [3.8, 4) is 0 Å². The molecule has 32 valence electrons. The van der Waals surface area contributed by atoms with Crippen molar-refractivity contribution >= 4 is 14.5 Å². The maximum Gasteiger partial charge on any atom is -0.133 e. The summed E-state index contributed by atoms with van der Waals surface area (Å²) >= 11 is 0. The molecule has 0 aliphatic rings. The fourth-order valence-electron chi connectivity index (χ4n) is 0.389. The minimum atomic E-state index is 1.26. The van der Waals surface area contributed by atoms with Gasteiger partial charge in [0.25, 0.3) is 0 Å². The Kier molecular flexibility index (Phi) is 0.979. The first-order valence-corrected chi connectivity index (χ1v) is 2.44. The first-order chi connectivity index (χ1) is 2.89. The molecule has 0 saturated heterocycles. The predicted molar refractivity (Wildman–Crippen MR) is 31.4 cm³/mol. The molecule has 0 fully saturated rings. The zero-order valence-electron chi connectivity index (χ0n) is 3.39. The van der Waals surface area contributed by atoms with E-state index in [2.05, 4.69) is 9.24 Å². The van der Waals surface area contributed by atoms with E-state index in [0.29, 0.717) is 0 Å². The van der Waals surface area contributed by atoms with Gasteiger partial charge in [0.2, 0.25) is 0 Å². The molecule has 0 bridgehead atoms. The standard InChI is InChI=1S/C5H6P/c6-5-3-1-2-4-5/h1-4H,6H2/q-1. The van der Waals surface area contributed by atoms with E-state index < -0.39 is 0 Å². The van der Waals surface area contributed by atoms with Crippen LogP contribution in [0.15, 0.2) is 24.3 Å². The van der Waals surface area contributed by atoms with Gasteiger partial charge in [0.1, 0.15) is 0 Å². The molecule has 0 N–H and O–H groups in total. The second kappa shape index (κ2) is 1.49. The molecule has 0 amide bonds. The summed E-state index contributed by atoms with van der Waals surface area (Å²) in [6, 6.07) is 8.12. The topological polar surface area (TPSA) is 0 Å². The molecule has 0 radical (unpaired) electrons. The maximum atomic E-state index is 2.62. The van der Waals surface area contributed by atoms with Gasteiger partial charge < -0.3 is 0 Å². The van der Waals surface area contributed by atoms with Crippen LogP contribution < -0.4 is 5.30 Å². The van der Waals surface area contributed by atoms with Crippen LogP contribution in [0.3, 0.4) is 0 Å². The fraction of sp³-hybridized carbons (Fsp3) is 0. The molecule has 1 aromatic rings. The van der Waals surface area contributed by atoms with Gasteiger partial charge >= 0.3 is 0 Å². The van der Waals surface area contributed by atoms with Crippen LogP contribution in [0.4, 0.5) is 0 Å². The highest BCUT2D eigenvalue weighted by atomic mass is 31.0. The van der Waals surface area contributed by atoms with E-state index >= 15 is 0 Å². The van der Waals surface area contributed by atoms with Crippen LogP contribution in [0, 0.1) is 0 Å². The second-order valence-corrected chi connectivity index (χ2v) is 1.88. The fourth-order valence-corrected chi connectivity index (χ4v) is 0.611. The molecule has 0 aromatic heterocycles. The first-order valence-electron chi connectivity index (χ1n) is 1.87. The molecule has 1 atom stereocenters. The van der Waals surface area contributed by atoms with Gasteiger partial charge in [-0.3, -0.25) is 0 Å². The maximum absolute atomic E-state index is 2.62. The Morgan fingerprint density at radius 2 is 2.50 bits per heavy atom. The molecule has 1 unspecified atom stereocenters. The smallest absolute Gasteiger partial charge is 0.133 e. The zero-order chi connectivity index (χ0) is 4.41. The third kappa shape index (κ3) is 0.636. The van der Waals surface area contributed by atoms with Crippen molar-refractivity contribution in [2.75, 3.05) is 0 Å². The Balaban J connectivity index is 3.05. The van der Waals surface area contributed by atoms with E-state index in [0.717, 1.165) is 0 Å². The number of hydrogen-bond donors (Lipinski definition) is 0. The van der Waals surface area contributed by atoms with Crippen LogP contribution >= 0.6 is 9.24 Å². The summed E-state index contributed by atoms with van der Waals surface area (Å²) < 4.78 is 0. The summed E-state index contributed by atoms with van der Waals surface area (Å²) in [5.41, 5.74) is 0. The zero-order valence-corrected chi connectivity index (χ0v) is 4.54. The normalized spacial score (nSPS) is 8.83. The summed E-state index contributed by atoms with van der Waals surface area (Å²) in [6.45, 7) is 0. The Morgan fingerprint density at radius 1 is 1.67 bits per heavy atom. The van der Waals surface area contributed by atoms with Gasteiger partial charge in [-0.15, -0.1) is 14.5 Å². The summed E-state index contributed by atoms with van der Waals surface area (Å²) in [5.74, 6) is 0. The van der Waals surface area contributed by atoms with E-state index in [1.54, 1.807) is 0 Å². The van der Waals surface area contributed by atoms with Crippen molar-refractivity contribution in [3.05, 3.63) is 24.3 Å². The highest BCUT2D eigenvalue weighted by Gasteiger charge is 1.61. The third-order valence-electron chi connectivity index (χ3n) is 0.688. The molecule has 0 saturated carbocycles. The van der Waals surface area contributed by atoms with Crippen molar-refractivity contribution in [1.29, 1.82) is 0 Å². The molecule has 6 heavy (non-hydrogen) atoms. The van der Waals surface area contributed by atoms with Crippen molar-refractivity contribution in [2.45, 2.75) is 0 Å². The lowest BCUT2D eigenvalue weighted by Gasteiger charge is -1.77. The Bertz CT molecular complexity index is 107. The summed E-state index contributed by atoms with van der Waals surface area (Å²) in [7, 11) is 2.62. The van der Waals surface area contributed by atoms with Crippen LogP contribution in [0.5, 0.6) is 0 Å². The van der Waals surface area contributed by atoms with Crippen molar-refractivity contribution in [3.63, 3.8) is 0 Å². The average Bonchev–Trinajstić information content (AvgIpc) is 1.86. The summed E-state index contributed by atoms with van der Waals surface area (Å²) in [5, 5.41) is 1.26. The molecular weight excluding hydrogens is 91.0 g/mol. The molecule has 1 heteroatoms. The van der Waals surface area contributed by atoms with Gasteiger partial charge in [0, 0.05) is 0 Å². The largest absolute Gasteiger partial charge is 0.213 e. The van der Waals surface area contributed by atoms with Crippen molar-refractivity contribution < 1.29 is 0 Å². The monoisotopic (exact) mass is 97.0 g/mol. The van der Waals surface area contributed by atoms with Gasteiger partial charge in [-0.1, -0.05) is 0 Å². The average molecular weight is 97.1 g/mol. The molecule has 1 rings (SSSR count). The van der Waals surface area contributed by atoms with Gasteiger partial charge in [-0.2, -0.15) is 12.1 Å². The van der Waals surface area contributed by atoms with Gasteiger partial charge in [-0.05, 0) is 0 Å². The Hall–Kier alpha value is -0.220.